The average molecular weight is 222 g/mol. The predicted molar refractivity (Wildman–Crippen MR) is 61.9 cm³/mol. The van der Waals surface area contributed by atoms with Gasteiger partial charge in [0, 0.05) is 12.3 Å². The van der Waals surface area contributed by atoms with Gasteiger partial charge in [0.1, 0.15) is 0 Å². The maximum atomic E-state index is 5.64. The van der Waals surface area contributed by atoms with Crippen LogP contribution in [-0.4, -0.2) is 16.6 Å². The van der Waals surface area contributed by atoms with Gasteiger partial charge in [0.05, 0.1) is 6.61 Å². The van der Waals surface area contributed by atoms with Gasteiger partial charge in [-0.3, -0.25) is 5.43 Å². The van der Waals surface area contributed by atoms with Crippen molar-refractivity contribution in [3.05, 3.63) is 12.3 Å². The Morgan fingerprint density at radius 1 is 1.38 bits per heavy atom. The third-order valence-electron chi connectivity index (χ3n) is 2.95. The molecule has 0 spiro atoms. The first-order valence-electron chi connectivity index (χ1n) is 5.81. The van der Waals surface area contributed by atoms with E-state index in [0.717, 1.165) is 6.61 Å². The van der Waals surface area contributed by atoms with Gasteiger partial charge in [-0.1, -0.05) is 19.3 Å². The highest BCUT2D eigenvalue weighted by Crippen LogP contribution is 2.24. The second-order valence-corrected chi connectivity index (χ2v) is 4.18. The van der Waals surface area contributed by atoms with E-state index in [1.54, 1.807) is 12.3 Å². The van der Waals surface area contributed by atoms with Crippen molar-refractivity contribution in [2.75, 3.05) is 12.0 Å². The molecule has 1 fully saturated rings. The molecule has 0 bridgehead atoms. The number of hydrogen-bond acceptors (Lipinski definition) is 5. The fourth-order valence-electron chi connectivity index (χ4n) is 2.05. The van der Waals surface area contributed by atoms with E-state index in [1.165, 1.54) is 32.1 Å². The molecular formula is C11H18N4O. The van der Waals surface area contributed by atoms with Crippen molar-refractivity contribution in [2.45, 2.75) is 32.1 Å². The van der Waals surface area contributed by atoms with E-state index in [0.29, 0.717) is 17.7 Å². The van der Waals surface area contributed by atoms with Gasteiger partial charge in [-0.25, -0.2) is 10.8 Å². The Kier molecular flexibility index (Phi) is 3.93. The summed E-state index contributed by atoms with van der Waals surface area (Å²) in [5.74, 6) is 6.89. The highest BCUT2D eigenvalue weighted by atomic mass is 16.5. The molecule has 1 saturated carbocycles. The van der Waals surface area contributed by atoms with Crippen LogP contribution in [0.3, 0.4) is 0 Å². The van der Waals surface area contributed by atoms with Gasteiger partial charge in [0.2, 0.25) is 11.8 Å². The lowest BCUT2D eigenvalue weighted by molar-refractivity contribution is 0.203. The minimum absolute atomic E-state index is 0.390. The van der Waals surface area contributed by atoms with Crippen molar-refractivity contribution in [1.29, 1.82) is 0 Å². The van der Waals surface area contributed by atoms with Crippen LogP contribution in [0.15, 0.2) is 12.3 Å². The lowest BCUT2D eigenvalue weighted by atomic mass is 9.90. The third kappa shape index (κ3) is 3.06. The van der Waals surface area contributed by atoms with Crippen molar-refractivity contribution >= 4 is 5.95 Å². The number of anilines is 1. The Balaban J connectivity index is 1.83. The molecule has 0 amide bonds. The van der Waals surface area contributed by atoms with E-state index in [4.69, 9.17) is 10.6 Å². The van der Waals surface area contributed by atoms with E-state index in [1.807, 2.05) is 0 Å². The van der Waals surface area contributed by atoms with Gasteiger partial charge in [0.15, 0.2) is 0 Å². The minimum atomic E-state index is 0.390. The number of nitrogen functional groups attached to an aromatic ring is 1. The maximum Gasteiger partial charge on any atom is 0.240 e. The Morgan fingerprint density at radius 3 is 2.94 bits per heavy atom. The second-order valence-electron chi connectivity index (χ2n) is 4.18. The third-order valence-corrected chi connectivity index (χ3v) is 2.95. The number of rotatable bonds is 4. The van der Waals surface area contributed by atoms with E-state index in [2.05, 4.69) is 15.4 Å². The van der Waals surface area contributed by atoms with Crippen molar-refractivity contribution < 1.29 is 4.74 Å². The summed E-state index contributed by atoms with van der Waals surface area (Å²) in [6, 6.07) is 1.75. The van der Waals surface area contributed by atoms with Gasteiger partial charge in [-0.2, -0.15) is 4.98 Å². The van der Waals surface area contributed by atoms with Crippen LogP contribution in [0.5, 0.6) is 5.88 Å². The molecule has 5 heteroatoms. The highest BCUT2D eigenvalue weighted by molar-refractivity contribution is 5.25. The highest BCUT2D eigenvalue weighted by Gasteiger charge is 2.14. The second kappa shape index (κ2) is 5.65. The first kappa shape index (κ1) is 11.1. The molecule has 3 N–H and O–H groups in total. The lowest BCUT2D eigenvalue weighted by Crippen LogP contribution is -2.16. The number of hydrogen-bond donors (Lipinski definition) is 2. The molecule has 1 aliphatic rings. The zero-order valence-corrected chi connectivity index (χ0v) is 9.35. The molecule has 0 unspecified atom stereocenters. The molecule has 16 heavy (non-hydrogen) atoms. The quantitative estimate of drug-likeness (QED) is 0.599. The summed E-state index contributed by atoms with van der Waals surface area (Å²) in [6.45, 7) is 0.751. The fourth-order valence-corrected chi connectivity index (χ4v) is 2.05. The van der Waals surface area contributed by atoms with E-state index >= 15 is 0 Å². The maximum absolute atomic E-state index is 5.64. The van der Waals surface area contributed by atoms with Crippen molar-refractivity contribution in [3.63, 3.8) is 0 Å². The van der Waals surface area contributed by atoms with Crippen LogP contribution in [0.25, 0.3) is 0 Å². The van der Waals surface area contributed by atoms with E-state index in [9.17, 15) is 0 Å². The van der Waals surface area contributed by atoms with Crippen molar-refractivity contribution in [1.82, 2.24) is 9.97 Å². The van der Waals surface area contributed by atoms with Gasteiger partial charge in [-0.05, 0) is 18.8 Å². The van der Waals surface area contributed by atoms with Crippen molar-refractivity contribution in [2.24, 2.45) is 11.8 Å². The molecule has 0 aromatic carbocycles. The number of aromatic nitrogens is 2. The molecule has 1 aromatic heterocycles. The summed E-state index contributed by atoms with van der Waals surface area (Å²) >= 11 is 0. The molecule has 5 nitrogen and oxygen atoms in total. The van der Waals surface area contributed by atoms with Crippen LogP contribution in [0.4, 0.5) is 5.95 Å². The zero-order valence-electron chi connectivity index (χ0n) is 9.35. The Hall–Kier alpha value is -1.36. The predicted octanol–water partition coefficient (Wildman–Crippen LogP) is 1.72. The summed E-state index contributed by atoms with van der Waals surface area (Å²) in [6.07, 6.45) is 8.20. The Morgan fingerprint density at radius 2 is 2.19 bits per heavy atom. The number of nitrogens with zero attached hydrogens (tertiary/aromatic N) is 2. The molecule has 0 saturated heterocycles. The number of nitrogens with one attached hydrogen (secondary N) is 1. The van der Waals surface area contributed by atoms with Crippen LogP contribution in [0, 0.1) is 5.92 Å². The minimum Gasteiger partial charge on any atom is -0.477 e. The summed E-state index contributed by atoms with van der Waals surface area (Å²) < 4.78 is 5.64. The van der Waals surface area contributed by atoms with Gasteiger partial charge < -0.3 is 4.74 Å². The smallest absolute Gasteiger partial charge is 0.240 e. The number of hydrazine groups is 1. The zero-order chi connectivity index (χ0) is 11.2. The normalized spacial score (nSPS) is 17.1. The molecule has 2 rings (SSSR count). The van der Waals surface area contributed by atoms with Crippen LogP contribution < -0.4 is 16.0 Å². The standard InChI is InChI=1S/C11H18N4O/c12-15-11-13-7-6-10(14-11)16-8-9-4-2-1-3-5-9/h6-7,9H,1-5,8,12H2,(H,13,14,15). The van der Waals surface area contributed by atoms with Gasteiger partial charge >= 0.3 is 0 Å². The molecule has 1 aromatic rings. The first-order valence-corrected chi connectivity index (χ1v) is 5.81. The first-order chi connectivity index (χ1) is 7.88. The Labute approximate surface area is 95.4 Å². The average Bonchev–Trinajstić information content (AvgIpc) is 2.38. The number of nitrogens with two attached hydrogens (primary N) is 1. The summed E-state index contributed by atoms with van der Waals surface area (Å²) in [5, 5.41) is 0. The summed E-state index contributed by atoms with van der Waals surface area (Å²) in [4.78, 5) is 8.03. The van der Waals surface area contributed by atoms with Gasteiger partial charge in [-0.15, -0.1) is 0 Å². The van der Waals surface area contributed by atoms with Crippen LogP contribution in [-0.2, 0) is 0 Å². The molecule has 0 aliphatic heterocycles. The fraction of sp³-hybridized carbons (Fsp3) is 0.636. The lowest BCUT2D eigenvalue weighted by Gasteiger charge is -2.21. The summed E-state index contributed by atoms with van der Waals surface area (Å²) in [5.41, 5.74) is 2.40. The van der Waals surface area contributed by atoms with Gasteiger partial charge in [0.25, 0.3) is 0 Å². The van der Waals surface area contributed by atoms with Crippen LogP contribution in [0.2, 0.25) is 0 Å². The largest absolute Gasteiger partial charge is 0.477 e. The van der Waals surface area contributed by atoms with E-state index < -0.39 is 0 Å². The molecular weight excluding hydrogens is 204 g/mol. The Bertz CT molecular complexity index is 326. The molecule has 0 atom stereocenters. The monoisotopic (exact) mass is 222 g/mol. The SMILES string of the molecule is NNc1nccc(OCC2CCCCC2)n1. The van der Waals surface area contributed by atoms with E-state index in [-0.39, 0.29) is 0 Å². The number of ether oxygens (including phenoxy) is 1. The molecule has 1 heterocycles. The van der Waals surface area contributed by atoms with Crippen molar-refractivity contribution in [3.8, 4) is 5.88 Å². The van der Waals surface area contributed by atoms with Crippen LogP contribution in [0.1, 0.15) is 32.1 Å². The molecule has 0 radical (unpaired) electrons. The van der Waals surface area contributed by atoms with Crippen LogP contribution >= 0.6 is 0 Å². The molecule has 1 aliphatic carbocycles. The summed E-state index contributed by atoms with van der Waals surface area (Å²) in [7, 11) is 0. The molecule has 88 valence electrons. The topological polar surface area (TPSA) is 73.1 Å².